The highest BCUT2D eigenvalue weighted by Crippen LogP contribution is 2.48. The fraction of sp³-hybridized carbons (Fsp3) is 0.667. The Hall–Kier alpha value is -0.930. The molecule has 3 rings (SSSR count). The van der Waals surface area contributed by atoms with Crippen molar-refractivity contribution in [3.05, 3.63) is 35.6 Å². The van der Waals surface area contributed by atoms with Crippen molar-refractivity contribution in [2.75, 3.05) is 32.7 Å². The fourth-order valence-electron chi connectivity index (χ4n) is 4.36. The molecule has 2 heterocycles. The van der Waals surface area contributed by atoms with E-state index in [1.165, 1.54) is 38.8 Å². The minimum Gasteiger partial charge on any atom is -0.316 e. The molecule has 2 aliphatic rings. The van der Waals surface area contributed by atoms with Crippen LogP contribution in [0, 0.1) is 11.2 Å². The van der Waals surface area contributed by atoms with Crippen LogP contribution >= 0.6 is 0 Å². The van der Waals surface area contributed by atoms with Gasteiger partial charge in [0.25, 0.3) is 0 Å². The molecule has 1 N–H and O–H groups in total. The van der Waals surface area contributed by atoms with E-state index in [1.54, 1.807) is 12.1 Å². The van der Waals surface area contributed by atoms with E-state index in [-0.39, 0.29) is 11.2 Å². The molecule has 3 heteroatoms. The third kappa shape index (κ3) is 3.00. The third-order valence-corrected chi connectivity index (χ3v) is 5.69. The first-order valence-corrected chi connectivity index (χ1v) is 8.43. The van der Waals surface area contributed by atoms with Gasteiger partial charge in [0, 0.05) is 12.5 Å². The summed E-state index contributed by atoms with van der Waals surface area (Å²) < 4.78 is 14.3. The summed E-state index contributed by atoms with van der Waals surface area (Å²) in [6.07, 6.45) is 4.88. The molecule has 1 spiro atoms. The summed E-state index contributed by atoms with van der Waals surface area (Å²) in [5.74, 6) is 0.298. The number of piperidine rings is 1. The lowest BCUT2D eigenvalue weighted by Crippen LogP contribution is -2.44. The van der Waals surface area contributed by atoms with Gasteiger partial charge in [-0.1, -0.05) is 25.1 Å². The smallest absolute Gasteiger partial charge is 0.126 e. The average molecular weight is 290 g/mol. The van der Waals surface area contributed by atoms with Gasteiger partial charge in [0.2, 0.25) is 0 Å². The summed E-state index contributed by atoms with van der Waals surface area (Å²) in [6, 6.07) is 7.40. The second-order valence-corrected chi connectivity index (χ2v) is 6.68. The molecule has 2 unspecified atom stereocenters. The Labute approximate surface area is 127 Å². The minimum atomic E-state index is -0.0258. The number of nitrogens with one attached hydrogen (secondary N) is 1. The quantitative estimate of drug-likeness (QED) is 0.898. The van der Waals surface area contributed by atoms with Crippen LogP contribution in [-0.2, 0) is 0 Å². The first-order valence-electron chi connectivity index (χ1n) is 8.43. The zero-order valence-electron chi connectivity index (χ0n) is 13.1. The van der Waals surface area contributed by atoms with Gasteiger partial charge in [-0.2, -0.15) is 0 Å². The van der Waals surface area contributed by atoms with Crippen LogP contribution in [0.5, 0.6) is 0 Å². The summed E-state index contributed by atoms with van der Waals surface area (Å²) in [5.41, 5.74) is 1.21. The van der Waals surface area contributed by atoms with Gasteiger partial charge < -0.3 is 10.2 Å². The van der Waals surface area contributed by atoms with Gasteiger partial charge in [0.05, 0.1) is 0 Å². The molecule has 0 saturated carbocycles. The topological polar surface area (TPSA) is 15.3 Å². The molecular weight excluding hydrogens is 263 g/mol. The molecule has 2 fully saturated rings. The Morgan fingerprint density at radius 2 is 2.10 bits per heavy atom. The van der Waals surface area contributed by atoms with E-state index in [9.17, 15) is 4.39 Å². The molecule has 2 aliphatic heterocycles. The maximum Gasteiger partial charge on any atom is 0.126 e. The number of nitrogens with zero attached hydrogens (tertiary/aromatic N) is 1. The average Bonchev–Trinajstić information content (AvgIpc) is 2.72. The van der Waals surface area contributed by atoms with Crippen LogP contribution in [0.1, 0.15) is 44.1 Å². The SMILES string of the molecule is CCN1CCCC2(CCNCC2c2ccccc2F)CC1. The zero-order valence-corrected chi connectivity index (χ0v) is 13.1. The molecule has 0 aromatic heterocycles. The number of halogens is 1. The van der Waals surface area contributed by atoms with Crippen molar-refractivity contribution >= 4 is 0 Å². The molecule has 1 aromatic carbocycles. The van der Waals surface area contributed by atoms with Crippen molar-refractivity contribution in [3.8, 4) is 0 Å². The molecule has 2 saturated heterocycles. The van der Waals surface area contributed by atoms with E-state index < -0.39 is 0 Å². The molecule has 21 heavy (non-hydrogen) atoms. The zero-order chi connectivity index (χ0) is 14.7. The lowest BCUT2D eigenvalue weighted by molar-refractivity contribution is 0.133. The Bertz CT molecular complexity index is 476. The van der Waals surface area contributed by atoms with Crippen molar-refractivity contribution in [1.82, 2.24) is 10.2 Å². The highest BCUT2D eigenvalue weighted by Gasteiger charge is 2.42. The summed E-state index contributed by atoms with van der Waals surface area (Å²) in [7, 11) is 0. The van der Waals surface area contributed by atoms with E-state index in [0.717, 1.165) is 25.2 Å². The number of rotatable bonds is 2. The second kappa shape index (κ2) is 6.45. The normalized spacial score (nSPS) is 31.2. The van der Waals surface area contributed by atoms with Crippen molar-refractivity contribution < 1.29 is 4.39 Å². The largest absolute Gasteiger partial charge is 0.316 e. The molecule has 0 amide bonds. The minimum absolute atomic E-state index is 0.0258. The summed E-state index contributed by atoms with van der Waals surface area (Å²) in [5, 5.41) is 3.50. The molecule has 0 aliphatic carbocycles. The van der Waals surface area contributed by atoms with Crippen molar-refractivity contribution in [2.45, 2.75) is 38.5 Å². The van der Waals surface area contributed by atoms with Crippen LogP contribution in [-0.4, -0.2) is 37.6 Å². The Kier molecular flexibility index (Phi) is 4.60. The maximum atomic E-state index is 14.3. The monoisotopic (exact) mass is 290 g/mol. The standard InChI is InChI=1S/C18H27FN2/c1-2-21-12-5-8-18(10-13-21)9-11-20-14-16(18)15-6-3-4-7-17(15)19/h3-4,6-7,16,20H,2,5,8-14H2,1H3. The molecule has 116 valence electrons. The molecule has 2 atom stereocenters. The van der Waals surface area contributed by atoms with Gasteiger partial charge in [-0.25, -0.2) is 4.39 Å². The van der Waals surface area contributed by atoms with Crippen LogP contribution in [0.4, 0.5) is 4.39 Å². The first kappa shape index (κ1) is 15.0. The van der Waals surface area contributed by atoms with Crippen molar-refractivity contribution in [1.29, 1.82) is 0 Å². The predicted molar refractivity (Wildman–Crippen MR) is 85.0 cm³/mol. The number of hydrogen-bond acceptors (Lipinski definition) is 2. The van der Waals surface area contributed by atoms with Crippen LogP contribution < -0.4 is 5.32 Å². The van der Waals surface area contributed by atoms with E-state index in [4.69, 9.17) is 0 Å². The molecule has 0 radical (unpaired) electrons. The lowest BCUT2D eigenvalue weighted by atomic mass is 9.64. The van der Waals surface area contributed by atoms with E-state index in [1.807, 2.05) is 12.1 Å². The highest BCUT2D eigenvalue weighted by molar-refractivity contribution is 5.26. The number of hydrogen-bond donors (Lipinski definition) is 1. The van der Waals surface area contributed by atoms with Gasteiger partial charge in [-0.15, -0.1) is 0 Å². The molecule has 1 aromatic rings. The highest BCUT2D eigenvalue weighted by atomic mass is 19.1. The maximum absolute atomic E-state index is 14.3. The van der Waals surface area contributed by atoms with Gasteiger partial charge >= 0.3 is 0 Å². The van der Waals surface area contributed by atoms with Crippen LogP contribution in [0.25, 0.3) is 0 Å². The van der Waals surface area contributed by atoms with Gasteiger partial charge in [0.1, 0.15) is 5.82 Å². The third-order valence-electron chi connectivity index (χ3n) is 5.69. The fourth-order valence-corrected chi connectivity index (χ4v) is 4.36. The van der Waals surface area contributed by atoms with Gasteiger partial charge in [-0.3, -0.25) is 0 Å². The number of benzene rings is 1. The second-order valence-electron chi connectivity index (χ2n) is 6.68. The Morgan fingerprint density at radius 3 is 2.90 bits per heavy atom. The van der Waals surface area contributed by atoms with E-state index in [0.29, 0.717) is 5.92 Å². The summed E-state index contributed by atoms with van der Waals surface area (Å²) in [6.45, 7) is 7.76. The molecule has 2 nitrogen and oxygen atoms in total. The predicted octanol–water partition coefficient (Wildman–Crippen LogP) is 3.39. The van der Waals surface area contributed by atoms with Crippen LogP contribution in [0.2, 0.25) is 0 Å². The van der Waals surface area contributed by atoms with Crippen LogP contribution in [0.3, 0.4) is 0 Å². The summed E-state index contributed by atoms with van der Waals surface area (Å²) in [4.78, 5) is 2.55. The van der Waals surface area contributed by atoms with Gasteiger partial charge in [-0.05, 0) is 68.9 Å². The molecular formula is C18H27FN2. The van der Waals surface area contributed by atoms with Crippen molar-refractivity contribution in [2.24, 2.45) is 5.41 Å². The molecule has 0 bridgehead atoms. The Balaban J connectivity index is 1.89. The van der Waals surface area contributed by atoms with E-state index in [2.05, 4.69) is 17.1 Å². The van der Waals surface area contributed by atoms with E-state index >= 15 is 0 Å². The first-order chi connectivity index (χ1) is 10.2. The van der Waals surface area contributed by atoms with Crippen LogP contribution in [0.15, 0.2) is 24.3 Å². The van der Waals surface area contributed by atoms with Gasteiger partial charge in [0.15, 0.2) is 0 Å². The summed E-state index contributed by atoms with van der Waals surface area (Å²) >= 11 is 0. The lowest BCUT2D eigenvalue weighted by Gasteiger charge is -2.45. The number of likely N-dealkylation sites (tertiary alicyclic amines) is 1. The Morgan fingerprint density at radius 1 is 1.24 bits per heavy atom. The van der Waals surface area contributed by atoms with Crippen molar-refractivity contribution in [3.63, 3.8) is 0 Å².